The van der Waals surface area contributed by atoms with Gasteiger partial charge in [-0.25, -0.2) is 13.4 Å². The van der Waals surface area contributed by atoms with Gasteiger partial charge in [0.2, 0.25) is 0 Å². The summed E-state index contributed by atoms with van der Waals surface area (Å²) >= 11 is 0. The van der Waals surface area contributed by atoms with Gasteiger partial charge in [-0.3, -0.25) is 4.90 Å². The Morgan fingerprint density at radius 2 is 1.89 bits per heavy atom. The molecule has 106 valence electrons. The number of hydrogen-bond acceptors (Lipinski definition) is 5. The summed E-state index contributed by atoms with van der Waals surface area (Å²) in [6.45, 7) is 4.94. The van der Waals surface area contributed by atoms with Crippen molar-refractivity contribution < 1.29 is 8.42 Å². The second kappa shape index (κ2) is 5.07. The molecule has 0 spiro atoms. The number of nitrogen functional groups attached to an aromatic ring is 1. The fourth-order valence-corrected chi connectivity index (χ4v) is 3.92. The van der Waals surface area contributed by atoms with Crippen LogP contribution in [0.5, 0.6) is 0 Å². The molecule has 2 heterocycles. The maximum Gasteiger partial charge on any atom is 0.262 e. The monoisotopic (exact) mass is 284 g/mol. The average molecular weight is 284 g/mol. The van der Waals surface area contributed by atoms with Crippen LogP contribution in [0.1, 0.15) is 13.8 Å². The molecular formula is C12H20N4O2S. The second-order valence-electron chi connectivity index (χ2n) is 5.08. The van der Waals surface area contributed by atoms with Crippen LogP contribution in [0.4, 0.5) is 5.69 Å². The predicted octanol–water partition coefficient (Wildman–Crippen LogP) is 0.377. The van der Waals surface area contributed by atoms with Crippen molar-refractivity contribution in [2.75, 3.05) is 25.9 Å². The summed E-state index contributed by atoms with van der Waals surface area (Å²) in [6.07, 6.45) is 1.45. The molecule has 2 N–H and O–H groups in total. The van der Waals surface area contributed by atoms with Crippen molar-refractivity contribution in [2.45, 2.75) is 31.0 Å². The average Bonchev–Trinajstić information content (AvgIpc) is 2.35. The summed E-state index contributed by atoms with van der Waals surface area (Å²) in [5.41, 5.74) is 5.93. The van der Waals surface area contributed by atoms with Crippen LogP contribution < -0.4 is 5.73 Å². The van der Waals surface area contributed by atoms with E-state index in [-0.39, 0.29) is 22.8 Å². The number of piperazine rings is 1. The van der Waals surface area contributed by atoms with Crippen LogP contribution in [0.25, 0.3) is 0 Å². The van der Waals surface area contributed by atoms with Gasteiger partial charge >= 0.3 is 0 Å². The highest BCUT2D eigenvalue weighted by atomic mass is 32.2. The first-order chi connectivity index (χ1) is 8.84. The first-order valence-corrected chi connectivity index (χ1v) is 7.70. The van der Waals surface area contributed by atoms with Gasteiger partial charge in [0.25, 0.3) is 10.0 Å². The highest BCUT2D eigenvalue weighted by molar-refractivity contribution is 7.89. The minimum Gasteiger partial charge on any atom is -0.396 e. The van der Waals surface area contributed by atoms with Gasteiger partial charge in [0.1, 0.15) is 0 Å². The normalized spacial score (nSPS) is 26.5. The van der Waals surface area contributed by atoms with Crippen LogP contribution >= 0.6 is 0 Å². The molecule has 0 radical (unpaired) electrons. The number of nitrogens with two attached hydrogens (primary N) is 1. The lowest BCUT2D eigenvalue weighted by atomic mass is 10.1. The molecule has 1 saturated heterocycles. The third-order valence-corrected chi connectivity index (χ3v) is 5.52. The van der Waals surface area contributed by atoms with E-state index < -0.39 is 10.0 Å². The number of anilines is 1. The molecule has 19 heavy (non-hydrogen) atoms. The summed E-state index contributed by atoms with van der Waals surface area (Å²) in [4.78, 5) is 6.10. The molecule has 0 aromatic carbocycles. The molecular weight excluding hydrogens is 264 g/mol. The van der Waals surface area contributed by atoms with Gasteiger partial charge in [0, 0.05) is 31.4 Å². The Kier molecular flexibility index (Phi) is 3.80. The van der Waals surface area contributed by atoms with E-state index in [1.807, 2.05) is 20.9 Å². The SMILES string of the molecule is CC1CN(S(=O)(=O)c2ncccc2N)CC(C)N1C. The first kappa shape index (κ1) is 14.2. The van der Waals surface area contributed by atoms with Crippen molar-refractivity contribution in [3.05, 3.63) is 18.3 Å². The van der Waals surface area contributed by atoms with Crippen LogP contribution in [-0.4, -0.2) is 54.8 Å². The van der Waals surface area contributed by atoms with E-state index in [0.29, 0.717) is 13.1 Å². The Morgan fingerprint density at radius 3 is 2.42 bits per heavy atom. The number of likely N-dealkylation sites (N-methyl/N-ethyl adjacent to an activating group) is 1. The molecule has 1 aromatic heterocycles. The third-order valence-electron chi connectivity index (χ3n) is 3.71. The van der Waals surface area contributed by atoms with Gasteiger partial charge in [-0.15, -0.1) is 0 Å². The Bertz CT molecular complexity index is 549. The minimum absolute atomic E-state index is 0.0426. The Labute approximate surface area is 114 Å². The van der Waals surface area contributed by atoms with E-state index in [0.717, 1.165) is 0 Å². The molecule has 1 aromatic rings. The zero-order valence-corrected chi connectivity index (χ0v) is 12.3. The molecule has 6 nitrogen and oxygen atoms in total. The summed E-state index contributed by atoms with van der Waals surface area (Å²) in [5.74, 6) is 0. The van der Waals surface area contributed by atoms with E-state index in [1.54, 1.807) is 12.1 Å². The standard InChI is InChI=1S/C12H20N4O2S/c1-9-7-16(8-10(2)15(9)3)19(17,18)12-11(13)5-4-6-14-12/h4-6,9-10H,7-8,13H2,1-3H3. The molecule has 2 rings (SSSR count). The van der Waals surface area contributed by atoms with Crippen LogP contribution in [0.3, 0.4) is 0 Å². The zero-order valence-electron chi connectivity index (χ0n) is 11.4. The number of aromatic nitrogens is 1. The molecule has 0 saturated carbocycles. The number of rotatable bonds is 2. The topological polar surface area (TPSA) is 79.5 Å². The smallest absolute Gasteiger partial charge is 0.262 e. The first-order valence-electron chi connectivity index (χ1n) is 6.26. The fourth-order valence-electron chi connectivity index (χ4n) is 2.29. The predicted molar refractivity (Wildman–Crippen MR) is 74.1 cm³/mol. The number of pyridine rings is 1. The van der Waals surface area contributed by atoms with Crippen molar-refractivity contribution in [1.82, 2.24) is 14.2 Å². The van der Waals surface area contributed by atoms with Crippen molar-refractivity contribution in [3.63, 3.8) is 0 Å². The van der Waals surface area contributed by atoms with Gasteiger partial charge in [-0.2, -0.15) is 4.31 Å². The van der Waals surface area contributed by atoms with Gasteiger partial charge in [-0.1, -0.05) is 0 Å². The Balaban J connectivity index is 2.34. The maximum absolute atomic E-state index is 12.6. The second-order valence-corrected chi connectivity index (χ2v) is 6.94. The lowest BCUT2D eigenvalue weighted by molar-refractivity contribution is 0.105. The maximum atomic E-state index is 12.6. The van der Waals surface area contributed by atoms with Crippen LogP contribution in [0, 0.1) is 0 Å². The fraction of sp³-hybridized carbons (Fsp3) is 0.583. The van der Waals surface area contributed by atoms with Crippen LogP contribution in [0.15, 0.2) is 23.4 Å². The molecule has 2 unspecified atom stereocenters. The van der Waals surface area contributed by atoms with E-state index in [2.05, 4.69) is 9.88 Å². The number of sulfonamides is 1. The molecule has 7 heteroatoms. The van der Waals surface area contributed by atoms with E-state index in [4.69, 9.17) is 5.73 Å². The molecule has 0 aliphatic carbocycles. The Morgan fingerprint density at radius 1 is 1.32 bits per heavy atom. The van der Waals surface area contributed by atoms with Crippen molar-refractivity contribution in [2.24, 2.45) is 0 Å². The van der Waals surface area contributed by atoms with Gasteiger partial charge in [-0.05, 0) is 33.0 Å². The molecule has 1 aliphatic heterocycles. The number of hydrogen-bond donors (Lipinski definition) is 1. The summed E-state index contributed by atoms with van der Waals surface area (Å²) < 4.78 is 26.6. The quantitative estimate of drug-likeness (QED) is 0.849. The summed E-state index contributed by atoms with van der Waals surface area (Å²) in [5, 5.41) is -0.0426. The molecule has 0 bridgehead atoms. The highest BCUT2D eigenvalue weighted by Gasteiger charge is 2.35. The lowest BCUT2D eigenvalue weighted by Crippen LogP contribution is -2.56. The largest absolute Gasteiger partial charge is 0.396 e. The van der Waals surface area contributed by atoms with Crippen molar-refractivity contribution >= 4 is 15.7 Å². The van der Waals surface area contributed by atoms with Crippen LogP contribution in [-0.2, 0) is 10.0 Å². The lowest BCUT2D eigenvalue weighted by Gasteiger charge is -2.41. The van der Waals surface area contributed by atoms with Gasteiger partial charge in [0.15, 0.2) is 5.03 Å². The van der Waals surface area contributed by atoms with Crippen molar-refractivity contribution in [3.8, 4) is 0 Å². The Hall–Kier alpha value is -1.18. The van der Waals surface area contributed by atoms with Crippen LogP contribution in [0.2, 0.25) is 0 Å². The summed E-state index contributed by atoms with van der Waals surface area (Å²) in [7, 11) is -1.60. The highest BCUT2D eigenvalue weighted by Crippen LogP contribution is 2.23. The minimum atomic E-state index is -3.61. The van der Waals surface area contributed by atoms with Gasteiger partial charge < -0.3 is 5.73 Å². The van der Waals surface area contributed by atoms with E-state index in [1.165, 1.54) is 10.5 Å². The molecule has 0 amide bonds. The number of nitrogens with zero attached hydrogens (tertiary/aromatic N) is 3. The molecule has 2 atom stereocenters. The zero-order chi connectivity index (χ0) is 14.2. The van der Waals surface area contributed by atoms with E-state index in [9.17, 15) is 8.42 Å². The van der Waals surface area contributed by atoms with Gasteiger partial charge in [0.05, 0.1) is 5.69 Å². The van der Waals surface area contributed by atoms with E-state index >= 15 is 0 Å². The third kappa shape index (κ3) is 2.58. The van der Waals surface area contributed by atoms with Crippen molar-refractivity contribution in [1.29, 1.82) is 0 Å². The molecule has 1 fully saturated rings. The molecule has 1 aliphatic rings. The summed E-state index contributed by atoms with van der Waals surface area (Å²) in [6, 6.07) is 3.53.